The SMILES string of the molecule is O=C(O)/C=C\C(=O)Nc1ccc(Cl)cc1.[NaH]. The molecule has 0 atom stereocenters. The van der Waals surface area contributed by atoms with E-state index in [2.05, 4.69) is 5.32 Å². The summed E-state index contributed by atoms with van der Waals surface area (Å²) in [5.74, 6) is -1.67. The predicted molar refractivity (Wildman–Crippen MR) is 64.0 cm³/mol. The van der Waals surface area contributed by atoms with E-state index in [4.69, 9.17) is 16.7 Å². The molecule has 0 aliphatic heterocycles. The van der Waals surface area contributed by atoms with Gasteiger partial charge < -0.3 is 10.4 Å². The molecule has 0 bridgehead atoms. The first-order valence-electron chi connectivity index (χ1n) is 4.05. The van der Waals surface area contributed by atoms with E-state index in [1.807, 2.05) is 0 Å². The van der Waals surface area contributed by atoms with Crippen molar-refractivity contribution >= 4 is 58.7 Å². The van der Waals surface area contributed by atoms with Gasteiger partial charge in [0.25, 0.3) is 0 Å². The van der Waals surface area contributed by atoms with Crippen molar-refractivity contribution in [3.05, 3.63) is 41.4 Å². The molecule has 6 heteroatoms. The normalized spacial score (nSPS) is 9.56. The van der Waals surface area contributed by atoms with Crippen LogP contribution in [0, 0.1) is 0 Å². The van der Waals surface area contributed by atoms with Crippen molar-refractivity contribution in [1.29, 1.82) is 0 Å². The summed E-state index contributed by atoms with van der Waals surface area (Å²) >= 11 is 5.65. The average molecular weight is 250 g/mol. The van der Waals surface area contributed by atoms with E-state index in [0.717, 1.165) is 12.2 Å². The van der Waals surface area contributed by atoms with E-state index in [-0.39, 0.29) is 29.6 Å². The summed E-state index contributed by atoms with van der Waals surface area (Å²) in [5.41, 5.74) is 0.555. The Bertz CT molecular complexity index is 403. The van der Waals surface area contributed by atoms with Gasteiger partial charge in [-0.15, -0.1) is 0 Å². The summed E-state index contributed by atoms with van der Waals surface area (Å²) in [6.07, 6.45) is 1.71. The van der Waals surface area contributed by atoms with Crippen LogP contribution in [-0.2, 0) is 9.59 Å². The molecule has 0 radical (unpaired) electrons. The molecule has 0 saturated carbocycles. The van der Waals surface area contributed by atoms with Gasteiger partial charge >= 0.3 is 35.5 Å². The van der Waals surface area contributed by atoms with Crippen LogP contribution in [0.15, 0.2) is 36.4 Å². The van der Waals surface area contributed by atoms with Gasteiger partial charge in [0.15, 0.2) is 0 Å². The molecule has 0 fully saturated rings. The molecule has 1 rings (SSSR count). The molecule has 0 spiro atoms. The molecule has 0 saturated heterocycles. The van der Waals surface area contributed by atoms with E-state index in [9.17, 15) is 9.59 Å². The number of carboxylic acids is 1. The minimum atomic E-state index is -1.17. The number of carboxylic acid groups (broad SMARTS) is 1. The van der Waals surface area contributed by atoms with Gasteiger partial charge in [-0.25, -0.2) is 4.79 Å². The molecular formula is C10H9ClNNaO3. The third-order valence-corrected chi connectivity index (χ3v) is 1.74. The fourth-order valence-corrected chi connectivity index (χ4v) is 0.990. The number of carbonyl (C=O) groups is 2. The molecule has 0 aliphatic carbocycles. The monoisotopic (exact) mass is 249 g/mol. The average Bonchev–Trinajstić information content (AvgIpc) is 2.19. The summed E-state index contributed by atoms with van der Waals surface area (Å²) in [5, 5.41) is 11.3. The Morgan fingerprint density at radius 2 is 1.75 bits per heavy atom. The molecule has 0 heterocycles. The molecule has 0 aliphatic rings. The molecule has 0 aromatic heterocycles. The van der Waals surface area contributed by atoms with Crippen molar-refractivity contribution in [3.8, 4) is 0 Å². The standard InChI is InChI=1S/C10H8ClNO3.Na.H/c11-7-1-3-8(4-2-7)12-9(13)5-6-10(14)15;;/h1-6H,(H,12,13)(H,14,15);;/b6-5-;;. The van der Waals surface area contributed by atoms with E-state index in [1.54, 1.807) is 24.3 Å². The van der Waals surface area contributed by atoms with Gasteiger partial charge in [-0.1, -0.05) is 11.6 Å². The Morgan fingerprint density at radius 1 is 1.19 bits per heavy atom. The molecule has 1 amide bonds. The quantitative estimate of drug-likeness (QED) is 0.626. The third kappa shape index (κ3) is 5.92. The molecule has 2 N–H and O–H groups in total. The molecule has 80 valence electrons. The van der Waals surface area contributed by atoms with Gasteiger partial charge in [-0.3, -0.25) is 4.79 Å². The van der Waals surface area contributed by atoms with E-state index >= 15 is 0 Å². The molecule has 0 unspecified atom stereocenters. The van der Waals surface area contributed by atoms with Crippen molar-refractivity contribution < 1.29 is 14.7 Å². The molecule has 1 aromatic rings. The van der Waals surface area contributed by atoms with Crippen LogP contribution >= 0.6 is 11.6 Å². The number of anilines is 1. The maximum atomic E-state index is 11.1. The fourth-order valence-electron chi connectivity index (χ4n) is 0.864. The number of carbonyl (C=O) groups excluding carboxylic acids is 1. The van der Waals surface area contributed by atoms with Crippen molar-refractivity contribution in [2.24, 2.45) is 0 Å². The number of amides is 1. The van der Waals surface area contributed by atoms with E-state index in [0.29, 0.717) is 10.7 Å². The number of benzene rings is 1. The zero-order valence-corrected chi connectivity index (χ0v) is 8.36. The zero-order chi connectivity index (χ0) is 11.3. The number of nitrogens with one attached hydrogen (secondary N) is 1. The Morgan fingerprint density at radius 3 is 2.25 bits per heavy atom. The van der Waals surface area contributed by atoms with Crippen LogP contribution in [-0.4, -0.2) is 46.5 Å². The molecular weight excluding hydrogens is 241 g/mol. The third-order valence-electron chi connectivity index (χ3n) is 1.49. The molecule has 1 aromatic carbocycles. The van der Waals surface area contributed by atoms with Crippen molar-refractivity contribution in [2.45, 2.75) is 0 Å². The molecule has 4 nitrogen and oxygen atoms in total. The minimum absolute atomic E-state index is 0. The van der Waals surface area contributed by atoms with Crippen LogP contribution in [0.2, 0.25) is 5.02 Å². The van der Waals surface area contributed by atoms with Gasteiger partial charge in [0, 0.05) is 22.9 Å². The van der Waals surface area contributed by atoms with Gasteiger partial charge in [-0.05, 0) is 24.3 Å². The Kier molecular flexibility index (Phi) is 7.08. The second-order valence-corrected chi connectivity index (χ2v) is 3.10. The summed E-state index contributed by atoms with van der Waals surface area (Å²) in [7, 11) is 0. The first-order valence-corrected chi connectivity index (χ1v) is 4.43. The van der Waals surface area contributed by atoms with Gasteiger partial charge in [0.05, 0.1) is 0 Å². The zero-order valence-electron chi connectivity index (χ0n) is 7.61. The Labute approximate surface area is 120 Å². The van der Waals surface area contributed by atoms with Crippen molar-refractivity contribution in [3.63, 3.8) is 0 Å². The van der Waals surface area contributed by atoms with Crippen LogP contribution in [0.4, 0.5) is 5.69 Å². The van der Waals surface area contributed by atoms with Gasteiger partial charge in [-0.2, -0.15) is 0 Å². The number of hydrogen-bond donors (Lipinski definition) is 2. The number of rotatable bonds is 3. The van der Waals surface area contributed by atoms with Crippen LogP contribution < -0.4 is 5.32 Å². The molecule has 16 heavy (non-hydrogen) atoms. The van der Waals surface area contributed by atoms with Crippen molar-refractivity contribution in [2.75, 3.05) is 5.32 Å². The first kappa shape index (κ1) is 15.2. The predicted octanol–water partition coefficient (Wildman–Crippen LogP) is 1.27. The second kappa shape index (κ2) is 7.46. The van der Waals surface area contributed by atoms with Gasteiger partial charge in [0.2, 0.25) is 5.91 Å². The topological polar surface area (TPSA) is 66.4 Å². The van der Waals surface area contributed by atoms with Crippen LogP contribution in [0.25, 0.3) is 0 Å². The fraction of sp³-hybridized carbons (Fsp3) is 0. The Balaban J connectivity index is 0.00000225. The van der Waals surface area contributed by atoms with Crippen molar-refractivity contribution in [1.82, 2.24) is 0 Å². The number of aliphatic carboxylic acids is 1. The first-order chi connectivity index (χ1) is 7.08. The van der Waals surface area contributed by atoms with E-state index < -0.39 is 11.9 Å². The summed E-state index contributed by atoms with van der Waals surface area (Å²) < 4.78 is 0. The summed E-state index contributed by atoms with van der Waals surface area (Å²) in [6, 6.07) is 6.49. The van der Waals surface area contributed by atoms with Crippen LogP contribution in [0.3, 0.4) is 0 Å². The summed E-state index contributed by atoms with van der Waals surface area (Å²) in [6.45, 7) is 0. The Hall–Kier alpha value is -0.810. The number of halogens is 1. The maximum absolute atomic E-state index is 11.1. The van der Waals surface area contributed by atoms with E-state index in [1.165, 1.54) is 0 Å². The van der Waals surface area contributed by atoms with Crippen LogP contribution in [0.5, 0.6) is 0 Å². The van der Waals surface area contributed by atoms with Gasteiger partial charge in [0.1, 0.15) is 0 Å². The number of hydrogen-bond acceptors (Lipinski definition) is 2. The summed E-state index contributed by atoms with van der Waals surface area (Å²) in [4.78, 5) is 21.2. The second-order valence-electron chi connectivity index (χ2n) is 2.67. The van der Waals surface area contributed by atoms with Crippen LogP contribution in [0.1, 0.15) is 0 Å².